The molecule has 0 fully saturated rings. The zero-order valence-corrected chi connectivity index (χ0v) is 4.26. The molecule has 0 bridgehead atoms. The van der Waals surface area contributed by atoms with Crippen molar-refractivity contribution in [1.29, 1.82) is 5.26 Å². The van der Waals surface area contributed by atoms with E-state index in [9.17, 15) is 0 Å². The molecule has 0 amide bonds. The van der Waals surface area contributed by atoms with E-state index in [0.717, 1.165) is 0 Å². The smallest absolute Gasteiger partial charge is 0.103 e. The van der Waals surface area contributed by atoms with Gasteiger partial charge in [0.1, 0.15) is 6.07 Å². The lowest BCUT2D eigenvalue weighted by Crippen LogP contribution is -1.99. The Morgan fingerprint density at radius 2 is 2.62 bits per heavy atom. The van der Waals surface area contributed by atoms with Crippen LogP contribution in [0.2, 0.25) is 0 Å². The Labute approximate surface area is 47.1 Å². The molecule has 0 aromatic rings. The number of nitrogens with zero attached hydrogens (tertiary/aromatic N) is 2. The Morgan fingerprint density at radius 3 is 2.88 bits per heavy atom. The first kappa shape index (κ1) is 4.85. The number of hydrogen-bond donors (Lipinski definition) is 1. The standard InChI is InChI=1S/C5H5N3/c6-1-4-2-8-3-5(4)7/h2H,3,7H2. The van der Waals surface area contributed by atoms with E-state index in [1.165, 1.54) is 6.21 Å². The molecule has 0 aromatic heterocycles. The Balaban J connectivity index is 2.91. The van der Waals surface area contributed by atoms with Crippen LogP contribution >= 0.6 is 0 Å². The van der Waals surface area contributed by atoms with Gasteiger partial charge in [-0.3, -0.25) is 4.99 Å². The summed E-state index contributed by atoms with van der Waals surface area (Å²) in [6.45, 7) is 0.489. The normalized spacial score (nSPS) is 16.9. The van der Waals surface area contributed by atoms with Crippen LogP contribution in [0.25, 0.3) is 0 Å². The van der Waals surface area contributed by atoms with Crippen molar-refractivity contribution in [1.82, 2.24) is 0 Å². The lowest BCUT2D eigenvalue weighted by molar-refractivity contribution is 1.14. The molecule has 3 nitrogen and oxygen atoms in total. The first-order chi connectivity index (χ1) is 3.84. The molecule has 0 spiro atoms. The number of aliphatic imine (C=N–C) groups is 1. The van der Waals surface area contributed by atoms with E-state index >= 15 is 0 Å². The molecule has 1 heterocycles. The highest BCUT2D eigenvalue weighted by molar-refractivity contribution is 5.87. The van der Waals surface area contributed by atoms with Gasteiger partial charge in [-0.25, -0.2) is 0 Å². The molecule has 0 unspecified atom stereocenters. The molecule has 0 saturated carbocycles. The number of allylic oxidation sites excluding steroid dienone is 1. The van der Waals surface area contributed by atoms with Crippen molar-refractivity contribution >= 4 is 6.21 Å². The first-order valence-electron chi connectivity index (χ1n) is 2.23. The van der Waals surface area contributed by atoms with E-state index in [2.05, 4.69) is 4.99 Å². The predicted octanol–water partition coefficient (Wildman–Crippen LogP) is -0.193. The maximum Gasteiger partial charge on any atom is 0.103 e. The van der Waals surface area contributed by atoms with Gasteiger partial charge in [-0.15, -0.1) is 0 Å². The predicted molar refractivity (Wildman–Crippen MR) is 30.2 cm³/mol. The van der Waals surface area contributed by atoms with Crippen LogP contribution < -0.4 is 5.73 Å². The molecule has 3 heteroatoms. The van der Waals surface area contributed by atoms with Crippen LogP contribution in [-0.2, 0) is 0 Å². The van der Waals surface area contributed by atoms with Crippen LogP contribution in [0.3, 0.4) is 0 Å². The van der Waals surface area contributed by atoms with Crippen molar-refractivity contribution in [3.8, 4) is 6.07 Å². The van der Waals surface area contributed by atoms with Gasteiger partial charge in [0.05, 0.1) is 12.1 Å². The van der Waals surface area contributed by atoms with Crippen molar-refractivity contribution in [2.75, 3.05) is 6.54 Å². The minimum absolute atomic E-state index is 0.489. The van der Waals surface area contributed by atoms with Gasteiger partial charge < -0.3 is 5.73 Å². The third kappa shape index (κ3) is 0.562. The fraction of sp³-hybridized carbons (Fsp3) is 0.200. The van der Waals surface area contributed by atoms with Crippen LogP contribution in [0, 0.1) is 11.3 Å². The molecule has 0 atom stereocenters. The van der Waals surface area contributed by atoms with Crippen molar-refractivity contribution in [3.05, 3.63) is 11.3 Å². The van der Waals surface area contributed by atoms with Crippen molar-refractivity contribution in [2.24, 2.45) is 10.7 Å². The molecule has 1 aliphatic rings. The molecule has 1 aliphatic heterocycles. The summed E-state index contributed by atoms with van der Waals surface area (Å²) in [7, 11) is 0. The maximum atomic E-state index is 8.26. The fourth-order valence-corrected chi connectivity index (χ4v) is 0.504. The zero-order chi connectivity index (χ0) is 5.98. The third-order valence-electron chi connectivity index (χ3n) is 0.948. The molecule has 0 radical (unpaired) electrons. The van der Waals surface area contributed by atoms with E-state index in [1.807, 2.05) is 6.07 Å². The van der Waals surface area contributed by atoms with Gasteiger partial charge in [-0.2, -0.15) is 5.26 Å². The van der Waals surface area contributed by atoms with Gasteiger partial charge in [0.25, 0.3) is 0 Å². The second-order valence-electron chi connectivity index (χ2n) is 1.52. The summed E-state index contributed by atoms with van der Waals surface area (Å²) < 4.78 is 0. The quantitative estimate of drug-likeness (QED) is 0.466. The fourth-order valence-electron chi connectivity index (χ4n) is 0.504. The second kappa shape index (κ2) is 1.66. The van der Waals surface area contributed by atoms with Crippen LogP contribution in [0.4, 0.5) is 0 Å². The number of rotatable bonds is 0. The summed E-state index contributed by atoms with van der Waals surface area (Å²) in [6, 6.07) is 1.92. The van der Waals surface area contributed by atoms with Gasteiger partial charge in [-0.1, -0.05) is 0 Å². The number of nitrogens with two attached hydrogens (primary N) is 1. The Bertz CT molecular complexity index is 194. The molecular formula is C5H5N3. The molecule has 0 aromatic carbocycles. The summed E-state index contributed by atoms with van der Waals surface area (Å²) in [5, 5.41) is 8.26. The van der Waals surface area contributed by atoms with Crippen LogP contribution in [0.5, 0.6) is 0 Å². The van der Waals surface area contributed by atoms with Crippen molar-refractivity contribution in [2.45, 2.75) is 0 Å². The van der Waals surface area contributed by atoms with Gasteiger partial charge in [0.2, 0.25) is 0 Å². The third-order valence-corrected chi connectivity index (χ3v) is 0.948. The molecule has 0 saturated heterocycles. The summed E-state index contributed by atoms with van der Waals surface area (Å²) in [6.07, 6.45) is 1.50. The topological polar surface area (TPSA) is 62.2 Å². The van der Waals surface area contributed by atoms with Crippen LogP contribution in [-0.4, -0.2) is 12.8 Å². The van der Waals surface area contributed by atoms with Gasteiger partial charge in [-0.05, 0) is 0 Å². The lowest BCUT2D eigenvalue weighted by atomic mass is 10.3. The minimum Gasteiger partial charge on any atom is -0.399 e. The van der Waals surface area contributed by atoms with Gasteiger partial charge in [0, 0.05) is 11.9 Å². The summed E-state index contributed by atoms with van der Waals surface area (Å²) in [5.41, 5.74) is 6.40. The first-order valence-corrected chi connectivity index (χ1v) is 2.23. The minimum atomic E-state index is 0.489. The average molecular weight is 107 g/mol. The van der Waals surface area contributed by atoms with Gasteiger partial charge in [0.15, 0.2) is 0 Å². The monoisotopic (exact) mass is 107 g/mol. The van der Waals surface area contributed by atoms with Crippen molar-refractivity contribution in [3.63, 3.8) is 0 Å². The SMILES string of the molecule is N#CC1=C(N)CN=C1. The van der Waals surface area contributed by atoms with E-state index in [1.54, 1.807) is 0 Å². The summed E-state index contributed by atoms with van der Waals surface area (Å²) in [5.74, 6) is 0. The highest BCUT2D eigenvalue weighted by Crippen LogP contribution is 2.01. The maximum absolute atomic E-state index is 8.26. The number of nitriles is 1. The highest BCUT2D eigenvalue weighted by atomic mass is 14.8. The largest absolute Gasteiger partial charge is 0.399 e. The van der Waals surface area contributed by atoms with E-state index in [4.69, 9.17) is 11.0 Å². The van der Waals surface area contributed by atoms with E-state index in [-0.39, 0.29) is 0 Å². The van der Waals surface area contributed by atoms with Crippen LogP contribution in [0.15, 0.2) is 16.3 Å². The molecular weight excluding hydrogens is 102 g/mol. The van der Waals surface area contributed by atoms with Crippen molar-refractivity contribution < 1.29 is 0 Å². The summed E-state index contributed by atoms with van der Waals surface area (Å²) in [4.78, 5) is 3.77. The molecule has 0 aliphatic carbocycles. The van der Waals surface area contributed by atoms with E-state index in [0.29, 0.717) is 17.8 Å². The Hall–Kier alpha value is -1.30. The second-order valence-corrected chi connectivity index (χ2v) is 1.52. The average Bonchev–Trinajstić information content (AvgIpc) is 2.14. The van der Waals surface area contributed by atoms with E-state index < -0.39 is 0 Å². The lowest BCUT2D eigenvalue weighted by Gasteiger charge is -1.84. The molecule has 2 N–H and O–H groups in total. The Morgan fingerprint density at radius 1 is 1.88 bits per heavy atom. The molecule has 40 valence electrons. The molecule has 1 rings (SSSR count). The zero-order valence-electron chi connectivity index (χ0n) is 4.26. The Kier molecular flexibility index (Phi) is 1.01. The van der Waals surface area contributed by atoms with Gasteiger partial charge >= 0.3 is 0 Å². The summed E-state index contributed by atoms with van der Waals surface area (Å²) >= 11 is 0. The molecule has 8 heavy (non-hydrogen) atoms. The van der Waals surface area contributed by atoms with Crippen LogP contribution in [0.1, 0.15) is 0 Å². The highest BCUT2D eigenvalue weighted by Gasteiger charge is 2.03. The number of hydrogen-bond acceptors (Lipinski definition) is 3.